The SMILES string of the molecule is Cc1nccc(-c2c(C#N)c(C3CCCC3)nc3c2CCCCC3)n1. The average Bonchev–Trinajstić information content (AvgIpc) is 3.05. The summed E-state index contributed by atoms with van der Waals surface area (Å²) in [5, 5.41) is 10.0. The molecule has 1 fully saturated rings. The van der Waals surface area contributed by atoms with E-state index < -0.39 is 0 Å². The molecule has 0 radical (unpaired) electrons. The predicted molar refractivity (Wildman–Crippen MR) is 97.2 cm³/mol. The summed E-state index contributed by atoms with van der Waals surface area (Å²) in [5.41, 5.74) is 6.21. The molecule has 4 heteroatoms. The molecule has 128 valence electrons. The second-order valence-corrected chi connectivity index (χ2v) is 7.32. The molecule has 2 heterocycles. The third-order valence-corrected chi connectivity index (χ3v) is 5.64. The van der Waals surface area contributed by atoms with Crippen molar-refractivity contribution in [3.8, 4) is 17.3 Å². The summed E-state index contributed by atoms with van der Waals surface area (Å²) < 4.78 is 0. The number of hydrogen-bond donors (Lipinski definition) is 0. The number of aromatic nitrogens is 3. The van der Waals surface area contributed by atoms with Gasteiger partial charge < -0.3 is 0 Å². The Hall–Kier alpha value is -2.28. The summed E-state index contributed by atoms with van der Waals surface area (Å²) in [6, 6.07) is 4.46. The normalized spacial score (nSPS) is 17.8. The minimum Gasteiger partial charge on any atom is -0.256 e. The van der Waals surface area contributed by atoms with Gasteiger partial charge in [0.2, 0.25) is 0 Å². The molecule has 0 aromatic carbocycles. The van der Waals surface area contributed by atoms with Crippen LogP contribution in [0.2, 0.25) is 0 Å². The zero-order chi connectivity index (χ0) is 17.2. The van der Waals surface area contributed by atoms with E-state index >= 15 is 0 Å². The fourth-order valence-electron chi connectivity index (χ4n) is 4.43. The van der Waals surface area contributed by atoms with E-state index in [1.54, 1.807) is 6.20 Å². The molecule has 0 amide bonds. The summed E-state index contributed by atoms with van der Waals surface area (Å²) in [5.74, 6) is 1.19. The zero-order valence-electron chi connectivity index (χ0n) is 14.9. The highest BCUT2D eigenvalue weighted by Crippen LogP contribution is 2.40. The molecule has 2 aliphatic rings. The van der Waals surface area contributed by atoms with Gasteiger partial charge >= 0.3 is 0 Å². The van der Waals surface area contributed by atoms with Crippen molar-refractivity contribution in [3.05, 3.63) is 40.6 Å². The summed E-state index contributed by atoms with van der Waals surface area (Å²) >= 11 is 0. The smallest absolute Gasteiger partial charge is 0.125 e. The van der Waals surface area contributed by atoms with E-state index in [1.165, 1.54) is 43.4 Å². The van der Waals surface area contributed by atoms with Crippen LogP contribution in [0.1, 0.15) is 79.2 Å². The molecule has 0 spiro atoms. The first-order valence-corrected chi connectivity index (χ1v) is 9.53. The van der Waals surface area contributed by atoms with Gasteiger partial charge in [-0.05, 0) is 57.1 Å². The van der Waals surface area contributed by atoms with Gasteiger partial charge in [0.1, 0.15) is 11.9 Å². The second-order valence-electron chi connectivity index (χ2n) is 7.32. The third-order valence-electron chi connectivity index (χ3n) is 5.64. The molecule has 2 aromatic rings. The number of nitrogens with zero attached hydrogens (tertiary/aromatic N) is 4. The average molecular weight is 332 g/mol. The minimum atomic E-state index is 0.435. The number of fused-ring (bicyclic) bond motifs is 1. The molecule has 25 heavy (non-hydrogen) atoms. The van der Waals surface area contributed by atoms with Gasteiger partial charge in [0.25, 0.3) is 0 Å². The Balaban J connectivity index is 1.98. The molecular weight excluding hydrogens is 308 g/mol. The Bertz CT molecular complexity index is 829. The van der Waals surface area contributed by atoms with Crippen LogP contribution in [0.3, 0.4) is 0 Å². The van der Waals surface area contributed by atoms with Crippen LogP contribution in [0.25, 0.3) is 11.3 Å². The van der Waals surface area contributed by atoms with Crippen LogP contribution >= 0.6 is 0 Å². The van der Waals surface area contributed by atoms with Gasteiger partial charge in [-0.25, -0.2) is 9.97 Å². The van der Waals surface area contributed by atoms with E-state index in [-0.39, 0.29) is 0 Å². The Morgan fingerprint density at radius 2 is 1.84 bits per heavy atom. The predicted octanol–water partition coefficient (Wildman–Crippen LogP) is 4.65. The van der Waals surface area contributed by atoms with E-state index in [0.29, 0.717) is 5.92 Å². The fraction of sp³-hybridized carbons (Fsp3) is 0.524. The van der Waals surface area contributed by atoms with E-state index in [2.05, 4.69) is 16.0 Å². The van der Waals surface area contributed by atoms with Gasteiger partial charge in [0, 0.05) is 23.4 Å². The molecule has 0 saturated heterocycles. The first-order valence-electron chi connectivity index (χ1n) is 9.53. The van der Waals surface area contributed by atoms with Crippen molar-refractivity contribution in [2.75, 3.05) is 0 Å². The molecule has 4 rings (SSSR count). The molecule has 2 aromatic heterocycles. The Labute approximate surface area is 149 Å². The van der Waals surface area contributed by atoms with E-state index in [1.807, 2.05) is 13.0 Å². The zero-order valence-corrected chi connectivity index (χ0v) is 14.9. The van der Waals surface area contributed by atoms with Crippen LogP contribution in [0.4, 0.5) is 0 Å². The van der Waals surface area contributed by atoms with E-state index in [4.69, 9.17) is 4.98 Å². The quantitative estimate of drug-likeness (QED) is 0.751. The molecule has 1 saturated carbocycles. The van der Waals surface area contributed by atoms with E-state index in [9.17, 15) is 5.26 Å². The maximum atomic E-state index is 10.0. The van der Waals surface area contributed by atoms with Crippen LogP contribution < -0.4 is 0 Å². The van der Waals surface area contributed by atoms with E-state index in [0.717, 1.165) is 54.0 Å². The van der Waals surface area contributed by atoms with Gasteiger partial charge in [-0.3, -0.25) is 4.98 Å². The number of pyridine rings is 1. The van der Waals surface area contributed by atoms with Crippen molar-refractivity contribution in [1.29, 1.82) is 5.26 Å². The largest absolute Gasteiger partial charge is 0.256 e. The molecule has 2 aliphatic carbocycles. The van der Waals surface area contributed by atoms with Gasteiger partial charge in [-0.2, -0.15) is 5.26 Å². The minimum absolute atomic E-state index is 0.435. The van der Waals surface area contributed by atoms with Crippen molar-refractivity contribution < 1.29 is 0 Å². The second kappa shape index (κ2) is 6.92. The first-order chi connectivity index (χ1) is 12.3. The van der Waals surface area contributed by atoms with Gasteiger partial charge in [0.05, 0.1) is 17.0 Å². The summed E-state index contributed by atoms with van der Waals surface area (Å²) in [7, 11) is 0. The fourth-order valence-corrected chi connectivity index (χ4v) is 4.43. The van der Waals surface area contributed by atoms with Crippen molar-refractivity contribution >= 4 is 0 Å². The number of hydrogen-bond acceptors (Lipinski definition) is 4. The van der Waals surface area contributed by atoms with Gasteiger partial charge in [-0.15, -0.1) is 0 Å². The lowest BCUT2D eigenvalue weighted by atomic mass is 9.89. The maximum absolute atomic E-state index is 10.0. The first kappa shape index (κ1) is 16.2. The van der Waals surface area contributed by atoms with Gasteiger partial charge in [-0.1, -0.05) is 19.3 Å². The molecule has 0 unspecified atom stereocenters. The number of nitriles is 1. The highest BCUT2D eigenvalue weighted by molar-refractivity contribution is 5.73. The molecule has 0 N–H and O–H groups in total. The standard InChI is InChI=1S/C21H24N4/c1-14-23-12-11-19(24-14)20-16-9-3-2-4-10-18(16)25-21(17(20)13-22)15-7-5-6-8-15/h11-12,15H,2-10H2,1H3. The lowest BCUT2D eigenvalue weighted by molar-refractivity contribution is 0.681. The maximum Gasteiger partial charge on any atom is 0.125 e. The van der Waals surface area contributed by atoms with Crippen LogP contribution in [-0.4, -0.2) is 15.0 Å². The van der Waals surface area contributed by atoms with Crippen LogP contribution in [0.15, 0.2) is 12.3 Å². The third kappa shape index (κ3) is 3.04. The van der Waals surface area contributed by atoms with Crippen LogP contribution in [0.5, 0.6) is 0 Å². The van der Waals surface area contributed by atoms with Crippen LogP contribution in [-0.2, 0) is 12.8 Å². The van der Waals surface area contributed by atoms with Crippen molar-refractivity contribution in [3.63, 3.8) is 0 Å². The topological polar surface area (TPSA) is 62.5 Å². The highest BCUT2D eigenvalue weighted by Gasteiger charge is 2.28. The molecule has 4 nitrogen and oxygen atoms in total. The van der Waals surface area contributed by atoms with Crippen molar-refractivity contribution in [2.24, 2.45) is 0 Å². The monoisotopic (exact) mass is 332 g/mol. The Morgan fingerprint density at radius 1 is 1.04 bits per heavy atom. The molecule has 0 atom stereocenters. The lowest BCUT2D eigenvalue weighted by Crippen LogP contribution is -2.10. The van der Waals surface area contributed by atoms with Gasteiger partial charge in [0.15, 0.2) is 0 Å². The molecule has 0 bridgehead atoms. The van der Waals surface area contributed by atoms with Crippen molar-refractivity contribution in [1.82, 2.24) is 15.0 Å². The molecular formula is C21H24N4. The Morgan fingerprint density at radius 3 is 2.60 bits per heavy atom. The number of aryl methyl sites for hydroxylation is 2. The number of rotatable bonds is 2. The summed E-state index contributed by atoms with van der Waals surface area (Å²) in [6.07, 6.45) is 12.2. The van der Waals surface area contributed by atoms with Crippen molar-refractivity contribution in [2.45, 2.75) is 70.6 Å². The lowest BCUT2D eigenvalue weighted by Gasteiger charge is -2.20. The summed E-state index contributed by atoms with van der Waals surface area (Å²) in [6.45, 7) is 1.91. The highest BCUT2D eigenvalue weighted by atomic mass is 14.9. The Kier molecular flexibility index (Phi) is 4.48. The van der Waals surface area contributed by atoms with Crippen LogP contribution in [0, 0.1) is 18.3 Å². The molecule has 0 aliphatic heterocycles. The summed E-state index contributed by atoms with van der Waals surface area (Å²) in [4.78, 5) is 14.0.